The van der Waals surface area contributed by atoms with Gasteiger partial charge in [0, 0.05) is 6.54 Å². The van der Waals surface area contributed by atoms with E-state index in [1.54, 1.807) is 25.3 Å². The Kier molecular flexibility index (Phi) is 8.69. The van der Waals surface area contributed by atoms with Crippen LogP contribution in [0.3, 0.4) is 0 Å². The molecule has 0 saturated carbocycles. The Bertz CT molecular complexity index is 1090. The maximum Gasteiger partial charge on any atom is 0.416 e. The molecule has 0 spiro atoms. The Morgan fingerprint density at radius 2 is 1.47 bits per heavy atom. The highest BCUT2D eigenvalue weighted by Crippen LogP contribution is 2.36. The second-order valence-corrected chi connectivity index (χ2v) is 7.03. The summed E-state index contributed by atoms with van der Waals surface area (Å²) in [6.45, 7) is -0.0625. The highest BCUT2D eigenvalue weighted by molar-refractivity contribution is 5.96. The molecule has 2 N–H and O–H groups in total. The van der Waals surface area contributed by atoms with Gasteiger partial charge in [0.25, 0.3) is 0 Å². The zero-order valence-electron chi connectivity index (χ0n) is 18.1. The lowest BCUT2D eigenvalue weighted by molar-refractivity contribution is -0.143. The Morgan fingerprint density at radius 1 is 0.882 bits per heavy atom. The topological polar surface area (TPSA) is 58.6 Å². The molecule has 0 aliphatic carbocycles. The van der Waals surface area contributed by atoms with E-state index in [0.29, 0.717) is 29.0 Å². The summed E-state index contributed by atoms with van der Waals surface area (Å²) in [5, 5.41) is 11.6. The van der Waals surface area contributed by atoms with Crippen LogP contribution >= 0.6 is 0 Å². The molecule has 0 unspecified atom stereocenters. The van der Waals surface area contributed by atoms with Gasteiger partial charge >= 0.3 is 18.3 Å². The summed E-state index contributed by atoms with van der Waals surface area (Å²) in [4.78, 5) is 11.1. The third kappa shape index (κ3) is 7.24. The van der Waals surface area contributed by atoms with Crippen molar-refractivity contribution in [3.63, 3.8) is 0 Å². The van der Waals surface area contributed by atoms with Crippen LogP contribution in [0.5, 0.6) is 5.75 Å². The van der Waals surface area contributed by atoms with Crippen molar-refractivity contribution in [2.75, 3.05) is 14.2 Å². The van der Waals surface area contributed by atoms with Crippen LogP contribution in [0.4, 0.5) is 26.3 Å². The van der Waals surface area contributed by atoms with Crippen molar-refractivity contribution >= 4 is 5.97 Å². The fourth-order valence-corrected chi connectivity index (χ4v) is 3.04. The number of methoxy groups -OCH3 is 1. The maximum atomic E-state index is 12.4. The summed E-state index contributed by atoms with van der Waals surface area (Å²) in [6, 6.07) is 15.8. The first-order chi connectivity index (χ1) is 15.9. The van der Waals surface area contributed by atoms with Gasteiger partial charge in [-0.2, -0.15) is 26.3 Å². The Morgan fingerprint density at radius 3 is 1.97 bits per heavy atom. The quantitative estimate of drug-likeness (QED) is 0.405. The van der Waals surface area contributed by atoms with Gasteiger partial charge in [0.05, 0.1) is 23.8 Å². The van der Waals surface area contributed by atoms with Crippen LogP contribution in [0, 0.1) is 0 Å². The normalized spacial score (nSPS) is 11.4. The minimum atomic E-state index is -4.79. The maximum absolute atomic E-state index is 12.4. The number of ether oxygens (including phenoxy) is 1. The molecule has 3 aromatic rings. The van der Waals surface area contributed by atoms with Crippen molar-refractivity contribution in [3.8, 4) is 16.9 Å². The van der Waals surface area contributed by atoms with Gasteiger partial charge in [-0.1, -0.05) is 30.3 Å². The minimum absolute atomic E-state index is 0.0605. The lowest BCUT2D eigenvalue weighted by Crippen LogP contribution is -2.14. The molecule has 0 atom stereocenters. The lowest BCUT2D eigenvalue weighted by atomic mass is 10.00. The third-order valence-corrected chi connectivity index (χ3v) is 4.57. The molecule has 0 aliphatic rings. The highest BCUT2D eigenvalue weighted by atomic mass is 19.4. The van der Waals surface area contributed by atoms with Gasteiger partial charge in [0.15, 0.2) is 0 Å². The van der Waals surface area contributed by atoms with E-state index in [1.807, 2.05) is 30.3 Å². The first-order valence-corrected chi connectivity index (χ1v) is 9.76. The second kappa shape index (κ2) is 11.1. The number of aromatic carboxylic acids is 1. The van der Waals surface area contributed by atoms with Crippen LogP contribution in [0.1, 0.15) is 27.0 Å². The average Bonchev–Trinajstić information content (AvgIpc) is 2.78. The van der Waals surface area contributed by atoms with Crippen molar-refractivity contribution in [1.82, 2.24) is 5.32 Å². The first kappa shape index (κ1) is 26.7. The fourth-order valence-electron chi connectivity index (χ4n) is 3.04. The summed E-state index contributed by atoms with van der Waals surface area (Å²) >= 11 is 0. The van der Waals surface area contributed by atoms with Crippen LogP contribution in [0.25, 0.3) is 11.1 Å². The largest absolute Gasteiger partial charge is 0.497 e. The summed E-state index contributed by atoms with van der Waals surface area (Å²) < 4.78 is 79.5. The molecule has 0 fully saturated rings. The molecule has 10 heteroatoms. The van der Waals surface area contributed by atoms with Crippen molar-refractivity contribution in [2.24, 2.45) is 0 Å². The van der Waals surface area contributed by atoms with Gasteiger partial charge in [0.2, 0.25) is 0 Å². The molecule has 4 nitrogen and oxygen atoms in total. The SMILES string of the molecule is CNCc1cc(C(F)(F)F)cc(C(F)(F)F)c1.COc1cccc(-c2ccccc2C(=O)O)c1. The van der Waals surface area contributed by atoms with Crippen LogP contribution in [-0.4, -0.2) is 25.2 Å². The lowest BCUT2D eigenvalue weighted by Gasteiger charge is -2.13. The monoisotopic (exact) mass is 485 g/mol. The molecule has 34 heavy (non-hydrogen) atoms. The summed E-state index contributed by atoms with van der Waals surface area (Å²) in [6.07, 6.45) is -9.58. The number of carbonyl (C=O) groups is 1. The number of hydrogen-bond donors (Lipinski definition) is 2. The molecule has 182 valence electrons. The molecule has 0 bridgehead atoms. The number of benzene rings is 3. The van der Waals surface area contributed by atoms with Gasteiger partial charge in [0.1, 0.15) is 5.75 Å². The Balaban J connectivity index is 0.000000240. The molecule has 3 rings (SSSR count). The molecular weight excluding hydrogens is 464 g/mol. The van der Waals surface area contributed by atoms with Crippen LogP contribution in [0.2, 0.25) is 0 Å². The minimum Gasteiger partial charge on any atom is -0.497 e. The molecule has 0 radical (unpaired) electrons. The zero-order chi connectivity index (χ0) is 25.5. The van der Waals surface area contributed by atoms with E-state index >= 15 is 0 Å². The first-order valence-electron chi connectivity index (χ1n) is 9.76. The van der Waals surface area contributed by atoms with Gasteiger partial charge in [-0.15, -0.1) is 0 Å². The van der Waals surface area contributed by atoms with Crippen molar-refractivity contribution in [1.29, 1.82) is 0 Å². The summed E-state index contributed by atoms with van der Waals surface area (Å²) in [5.74, 6) is -0.217. The third-order valence-electron chi connectivity index (χ3n) is 4.57. The molecule has 0 aliphatic heterocycles. The van der Waals surface area contributed by atoms with Gasteiger partial charge in [-0.3, -0.25) is 0 Å². The Hall–Kier alpha value is -3.53. The van der Waals surface area contributed by atoms with Crippen molar-refractivity contribution in [3.05, 3.63) is 89.0 Å². The predicted molar refractivity (Wildman–Crippen MR) is 115 cm³/mol. The number of rotatable bonds is 5. The summed E-state index contributed by atoms with van der Waals surface area (Å²) in [7, 11) is 3.02. The number of carboxylic acids is 1. The molecule has 0 heterocycles. The molecule has 3 aromatic carbocycles. The number of alkyl halides is 6. The van der Waals surface area contributed by atoms with Crippen LogP contribution < -0.4 is 10.1 Å². The number of hydrogen-bond acceptors (Lipinski definition) is 3. The number of halogens is 6. The summed E-state index contributed by atoms with van der Waals surface area (Å²) in [5.41, 5.74) is -0.827. The zero-order valence-corrected chi connectivity index (χ0v) is 18.1. The smallest absolute Gasteiger partial charge is 0.416 e. The van der Waals surface area contributed by atoms with E-state index < -0.39 is 29.4 Å². The fraction of sp³-hybridized carbons (Fsp3) is 0.208. The van der Waals surface area contributed by atoms with Crippen molar-refractivity contribution < 1.29 is 41.0 Å². The molecule has 0 saturated heterocycles. The van der Waals surface area contributed by atoms with E-state index in [9.17, 15) is 31.1 Å². The Labute approximate surface area is 191 Å². The van der Waals surface area contributed by atoms with E-state index in [-0.39, 0.29) is 18.2 Å². The highest BCUT2D eigenvalue weighted by Gasteiger charge is 2.36. The van der Waals surface area contributed by atoms with Gasteiger partial charge in [-0.25, -0.2) is 4.79 Å². The standard InChI is InChI=1S/C14H12O3.C10H9F6N/c1-17-11-6-4-5-10(9-11)12-7-2-3-8-13(12)14(15)16;1-17-5-6-2-7(9(11,12)13)4-8(3-6)10(14,15)16/h2-9H,1H3,(H,15,16);2-4,17H,5H2,1H3. The molecular formula is C24H21F6NO3. The average molecular weight is 485 g/mol. The molecule has 0 aromatic heterocycles. The van der Waals surface area contributed by atoms with E-state index in [2.05, 4.69) is 5.32 Å². The van der Waals surface area contributed by atoms with Crippen LogP contribution in [0.15, 0.2) is 66.7 Å². The van der Waals surface area contributed by atoms with E-state index in [0.717, 1.165) is 5.56 Å². The number of nitrogens with one attached hydrogen (secondary N) is 1. The number of carboxylic acid groups (broad SMARTS) is 1. The van der Waals surface area contributed by atoms with Gasteiger partial charge in [-0.05, 0) is 60.1 Å². The van der Waals surface area contributed by atoms with Gasteiger partial charge < -0.3 is 15.2 Å². The predicted octanol–water partition coefficient (Wildman–Crippen LogP) is 6.50. The molecule has 0 amide bonds. The van der Waals surface area contributed by atoms with Crippen LogP contribution in [-0.2, 0) is 18.9 Å². The van der Waals surface area contributed by atoms with E-state index in [1.165, 1.54) is 7.05 Å². The van der Waals surface area contributed by atoms with Crippen molar-refractivity contribution in [2.45, 2.75) is 18.9 Å². The van der Waals surface area contributed by atoms with E-state index in [4.69, 9.17) is 9.84 Å². The second-order valence-electron chi connectivity index (χ2n) is 7.03.